The minimum Gasteiger partial charge on any atom is -0.338 e. The van der Waals surface area contributed by atoms with Gasteiger partial charge in [-0.1, -0.05) is 30.3 Å². The smallest absolute Gasteiger partial charge is 0.259 e. The van der Waals surface area contributed by atoms with Crippen molar-refractivity contribution < 1.29 is 4.79 Å². The molecule has 1 aromatic carbocycles. The Hall–Kier alpha value is -2.73. The van der Waals surface area contributed by atoms with Gasteiger partial charge in [0.1, 0.15) is 5.56 Å². The van der Waals surface area contributed by atoms with Crippen LogP contribution in [0.15, 0.2) is 36.4 Å². The molecular weight excluding hydrogens is 374 g/mol. The third-order valence-corrected chi connectivity index (χ3v) is 6.78. The molecule has 3 aromatic rings. The predicted molar refractivity (Wildman–Crippen MR) is 116 cm³/mol. The van der Waals surface area contributed by atoms with Gasteiger partial charge in [-0.05, 0) is 51.8 Å². The van der Waals surface area contributed by atoms with Crippen molar-refractivity contribution in [2.75, 3.05) is 26.2 Å². The van der Waals surface area contributed by atoms with Gasteiger partial charge in [0.15, 0.2) is 5.65 Å². The molecule has 2 aliphatic heterocycles. The summed E-state index contributed by atoms with van der Waals surface area (Å²) in [6.45, 7) is 10.7. The maximum atomic E-state index is 13.5. The number of rotatable bonds is 3. The minimum atomic E-state index is 0.0818. The maximum Gasteiger partial charge on any atom is 0.259 e. The van der Waals surface area contributed by atoms with Gasteiger partial charge in [0.25, 0.3) is 5.91 Å². The average Bonchev–Trinajstić information content (AvgIpc) is 3.40. The van der Waals surface area contributed by atoms with Crippen molar-refractivity contribution in [1.29, 1.82) is 0 Å². The van der Waals surface area contributed by atoms with E-state index in [0.717, 1.165) is 62.6 Å². The monoisotopic (exact) mass is 403 g/mol. The van der Waals surface area contributed by atoms with Gasteiger partial charge < -0.3 is 4.90 Å². The quantitative estimate of drug-likeness (QED) is 0.673. The molecule has 1 unspecified atom stereocenters. The third kappa shape index (κ3) is 3.29. The lowest BCUT2D eigenvalue weighted by atomic mass is 9.86. The van der Waals surface area contributed by atoms with Crippen molar-refractivity contribution >= 4 is 11.6 Å². The van der Waals surface area contributed by atoms with Gasteiger partial charge in [0.05, 0.1) is 5.69 Å². The Balaban J connectivity index is 1.34. The van der Waals surface area contributed by atoms with Gasteiger partial charge in [-0.2, -0.15) is 5.10 Å². The maximum absolute atomic E-state index is 13.5. The third-order valence-electron chi connectivity index (χ3n) is 6.78. The molecule has 0 saturated carbocycles. The van der Waals surface area contributed by atoms with E-state index in [4.69, 9.17) is 0 Å². The number of benzene rings is 1. The summed E-state index contributed by atoms with van der Waals surface area (Å²) in [6.07, 6.45) is 2.24. The van der Waals surface area contributed by atoms with Crippen molar-refractivity contribution in [3.05, 3.63) is 64.6 Å². The Morgan fingerprint density at radius 1 is 1.07 bits per heavy atom. The van der Waals surface area contributed by atoms with Crippen molar-refractivity contribution in [1.82, 2.24) is 24.4 Å². The van der Waals surface area contributed by atoms with Crippen molar-refractivity contribution in [2.24, 2.45) is 5.41 Å². The number of amides is 1. The van der Waals surface area contributed by atoms with E-state index in [1.54, 1.807) is 4.52 Å². The highest BCUT2D eigenvalue weighted by Gasteiger charge is 2.45. The van der Waals surface area contributed by atoms with Crippen molar-refractivity contribution in [2.45, 2.75) is 40.2 Å². The largest absolute Gasteiger partial charge is 0.338 e. The van der Waals surface area contributed by atoms with Gasteiger partial charge in [-0.3, -0.25) is 9.69 Å². The van der Waals surface area contributed by atoms with Crippen molar-refractivity contribution in [3.8, 4) is 0 Å². The van der Waals surface area contributed by atoms with Gasteiger partial charge in [0, 0.05) is 43.0 Å². The SMILES string of the molecule is Cc1cc(C)n2nc(C)c(C(=O)N3CCC4(CCN(Cc5ccccc5)C4)C3)c2n1. The molecule has 6 heteroatoms. The molecular formula is C24H29N5O. The van der Waals surface area contributed by atoms with Crippen LogP contribution in [0.3, 0.4) is 0 Å². The molecule has 4 heterocycles. The molecule has 0 aliphatic carbocycles. The molecule has 2 fully saturated rings. The highest BCUT2D eigenvalue weighted by molar-refractivity contribution is 6.01. The number of nitrogens with zero attached hydrogens (tertiary/aromatic N) is 5. The van der Waals surface area contributed by atoms with Crippen LogP contribution in [0.2, 0.25) is 0 Å². The summed E-state index contributed by atoms with van der Waals surface area (Å²) in [7, 11) is 0. The second-order valence-corrected chi connectivity index (χ2v) is 9.16. The average molecular weight is 404 g/mol. The number of aromatic nitrogens is 3. The number of hydrogen-bond donors (Lipinski definition) is 0. The number of fused-ring (bicyclic) bond motifs is 1. The second-order valence-electron chi connectivity index (χ2n) is 9.16. The van der Waals surface area contributed by atoms with Crippen LogP contribution in [0, 0.1) is 26.2 Å². The fraction of sp³-hybridized carbons (Fsp3) is 0.458. The molecule has 1 atom stereocenters. The molecule has 6 nitrogen and oxygen atoms in total. The molecule has 2 aromatic heterocycles. The fourth-order valence-corrected chi connectivity index (χ4v) is 5.28. The summed E-state index contributed by atoms with van der Waals surface area (Å²) in [4.78, 5) is 22.7. The summed E-state index contributed by atoms with van der Waals surface area (Å²) in [5, 5.41) is 4.59. The molecule has 1 amide bonds. The van der Waals surface area contributed by atoms with E-state index >= 15 is 0 Å². The Labute approximate surface area is 177 Å². The van der Waals surface area contributed by atoms with Crippen LogP contribution >= 0.6 is 0 Å². The van der Waals surface area contributed by atoms with Crippen LogP contribution in [-0.4, -0.2) is 56.5 Å². The summed E-state index contributed by atoms with van der Waals surface area (Å²) in [5.41, 5.74) is 5.62. The van der Waals surface area contributed by atoms with E-state index in [1.807, 2.05) is 31.7 Å². The zero-order chi connectivity index (χ0) is 20.9. The number of likely N-dealkylation sites (tertiary alicyclic amines) is 2. The molecule has 0 bridgehead atoms. The first-order valence-electron chi connectivity index (χ1n) is 10.8. The molecule has 2 aliphatic rings. The highest BCUT2D eigenvalue weighted by atomic mass is 16.2. The lowest BCUT2D eigenvalue weighted by Crippen LogP contribution is -2.34. The van der Waals surface area contributed by atoms with E-state index in [0.29, 0.717) is 11.2 Å². The van der Waals surface area contributed by atoms with Gasteiger partial charge in [-0.15, -0.1) is 0 Å². The van der Waals surface area contributed by atoms with Crippen LogP contribution in [-0.2, 0) is 6.54 Å². The first-order chi connectivity index (χ1) is 14.4. The molecule has 5 rings (SSSR count). The van der Waals surface area contributed by atoms with Crippen LogP contribution in [0.5, 0.6) is 0 Å². The standard InChI is InChI=1S/C24H29N5O/c1-17-13-18(2)29-22(25-17)21(19(3)26-29)23(30)28-12-10-24(16-28)9-11-27(15-24)14-20-7-5-4-6-8-20/h4-8,13H,9-12,14-16H2,1-3H3. The Morgan fingerprint density at radius 2 is 1.83 bits per heavy atom. The number of aryl methyl sites for hydroxylation is 3. The molecule has 156 valence electrons. The molecule has 1 spiro atoms. The van der Waals surface area contributed by atoms with Gasteiger partial charge in [-0.25, -0.2) is 9.50 Å². The van der Waals surface area contributed by atoms with Crippen LogP contribution in [0.4, 0.5) is 0 Å². The summed E-state index contributed by atoms with van der Waals surface area (Å²) < 4.78 is 1.80. The number of carbonyl (C=O) groups excluding carboxylic acids is 1. The molecule has 2 saturated heterocycles. The zero-order valence-electron chi connectivity index (χ0n) is 18.1. The van der Waals surface area contributed by atoms with Crippen molar-refractivity contribution in [3.63, 3.8) is 0 Å². The van der Waals surface area contributed by atoms with E-state index in [1.165, 1.54) is 5.56 Å². The summed E-state index contributed by atoms with van der Waals surface area (Å²) >= 11 is 0. The minimum absolute atomic E-state index is 0.0818. The Morgan fingerprint density at radius 3 is 2.63 bits per heavy atom. The van der Waals surface area contributed by atoms with Crippen LogP contribution < -0.4 is 0 Å². The van der Waals surface area contributed by atoms with Gasteiger partial charge >= 0.3 is 0 Å². The Bertz CT molecular complexity index is 1110. The highest BCUT2D eigenvalue weighted by Crippen LogP contribution is 2.40. The molecule has 0 radical (unpaired) electrons. The van der Waals surface area contributed by atoms with Crippen LogP contribution in [0.1, 0.15) is 45.8 Å². The fourth-order valence-electron chi connectivity index (χ4n) is 5.28. The number of hydrogen-bond acceptors (Lipinski definition) is 4. The van der Waals surface area contributed by atoms with E-state index in [2.05, 4.69) is 45.3 Å². The lowest BCUT2D eigenvalue weighted by Gasteiger charge is -2.25. The lowest BCUT2D eigenvalue weighted by molar-refractivity contribution is 0.0774. The van der Waals surface area contributed by atoms with Gasteiger partial charge in [0.2, 0.25) is 0 Å². The van der Waals surface area contributed by atoms with Crippen LogP contribution in [0.25, 0.3) is 5.65 Å². The normalized spacial score (nSPS) is 21.9. The Kier molecular flexibility index (Phi) is 4.62. The molecule has 30 heavy (non-hydrogen) atoms. The van der Waals surface area contributed by atoms with E-state index < -0.39 is 0 Å². The van der Waals surface area contributed by atoms with E-state index in [-0.39, 0.29) is 11.3 Å². The first kappa shape index (κ1) is 19.2. The van der Waals surface area contributed by atoms with E-state index in [9.17, 15) is 4.79 Å². The topological polar surface area (TPSA) is 53.7 Å². The summed E-state index contributed by atoms with van der Waals surface area (Å²) in [6, 6.07) is 12.7. The summed E-state index contributed by atoms with van der Waals surface area (Å²) in [5.74, 6) is 0.0818. The number of carbonyl (C=O) groups is 1. The predicted octanol–water partition coefficient (Wildman–Crippen LogP) is 3.39. The zero-order valence-corrected chi connectivity index (χ0v) is 18.1. The molecule has 0 N–H and O–H groups in total. The first-order valence-corrected chi connectivity index (χ1v) is 10.8. The second kappa shape index (κ2) is 7.20.